The molecule has 1 aromatic rings. The van der Waals surface area contributed by atoms with Crippen molar-refractivity contribution in [2.45, 2.75) is 33.1 Å². The maximum absolute atomic E-state index is 12.2. The Bertz CT molecular complexity index is 509. The zero-order chi connectivity index (χ0) is 14.6. The predicted octanol–water partition coefficient (Wildman–Crippen LogP) is 3.40. The van der Waals surface area contributed by atoms with E-state index in [0.29, 0.717) is 28.3 Å². The molecule has 0 saturated heterocycles. The molecule has 1 aromatic carbocycles. The highest BCUT2D eigenvalue weighted by Crippen LogP contribution is 2.33. The summed E-state index contributed by atoms with van der Waals surface area (Å²) in [6.45, 7) is 3.58. The van der Waals surface area contributed by atoms with Gasteiger partial charge in [-0.25, -0.2) is 0 Å². The summed E-state index contributed by atoms with van der Waals surface area (Å²) < 4.78 is 5.26. The van der Waals surface area contributed by atoms with Crippen LogP contribution in [0.1, 0.15) is 40.7 Å². The van der Waals surface area contributed by atoms with E-state index < -0.39 is 5.97 Å². The van der Waals surface area contributed by atoms with Gasteiger partial charge in [-0.15, -0.1) is 0 Å². The highest BCUT2D eigenvalue weighted by atomic mass is 35.5. The molecule has 4 nitrogen and oxygen atoms in total. The number of carboxylic acid groups (broad SMARTS) is 1. The molecular formula is C14H17ClO4. The second-order valence-corrected chi connectivity index (χ2v) is 4.79. The molecule has 0 aromatic heterocycles. The zero-order valence-electron chi connectivity index (χ0n) is 11.2. The van der Waals surface area contributed by atoms with Crippen LogP contribution in [0, 0.1) is 13.8 Å². The molecule has 0 fully saturated rings. The van der Waals surface area contributed by atoms with Gasteiger partial charge in [-0.2, -0.15) is 0 Å². The maximum atomic E-state index is 12.2. The minimum absolute atomic E-state index is 0.0212. The summed E-state index contributed by atoms with van der Waals surface area (Å²) in [6.07, 6.45) is 0.457. The number of methoxy groups -OCH3 is 1. The molecule has 0 radical (unpaired) electrons. The summed E-state index contributed by atoms with van der Waals surface area (Å²) >= 11 is 6.07. The van der Waals surface area contributed by atoms with Crippen molar-refractivity contribution in [1.82, 2.24) is 0 Å². The molecule has 0 bridgehead atoms. The Morgan fingerprint density at radius 1 is 1.32 bits per heavy atom. The van der Waals surface area contributed by atoms with E-state index in [1.807, 2.05) is 6.92 Å². The summed E-state index contributed by atoms with van der Waals surface area (Å²) in [5, 5.41) is 9.10. The van der Waals surface area contributed by atoms with Crippen LogP contribution in [-0.4, -0.2) is 24.0 Å². The van der Waals surface area contributed by atoms with Crippen molar-refractivity contribution in [2.75, 3.05) is 7.11 Å². The van der Waals surface area contributed by atoms with Crippen LogP contribution >= 0.6 is 11.6 Å². The summed E-state index contributed by atoms with van der Waals surface area (Å²) in [5.74, 6) is -0.526. The van der Waals surface area contributed by atoms with Crippen molar-refractivity contribution in [1.29, 1.82) is 0 Å². The number of halogens is 1. The van der Waals surface area contributed by atoms with Crippen LogP contribution in [0.25, 0.3) is 0 Å². The van der Waals surface area contributed by atoms with Crippen molar-refractivity contribution in [3.8, 4) is 5.75 Å². The average molecular weight is 285 g/mol. The SMILES string of the molecule is COc1c(C)cc(Cl)c(C)c1C(=O)CCCC(=O)O. The molecule has 0 amide bonds. The molecule has 19 heavy (non-hydrogen) atoms. The Balaban J connectivity index is 3.04. The largest absolute Gasteiger partial charge is 0.496 e. The number of carbonyl (C=O) groups excluding carboxylic acids is 1. The Morgan fingerprint density at radius 2 is 1.95 bits per heavy atom. The Labute approximate surface area is 117 Å². The number of ether oxygens (including phenoxy) is 1. The van der Waals surface area contributed by atoms with E-state index in [9.17, 15) is 9.59 Å². The van der Waals surface area contributed by atoms with Gasteiger partial charge in [0.25, 0.3) is 0 Å². The average Bonchev–Trinajstić information content (AvgIpc) is 2.32. The number of hydrogen-bond acceptors (Lipinski definition) is 3. The zero-order valence-corrected chi connectivity index (χ0v) is 12.0. The lowest BCUT2D eigenvalue weighted by Crippen LogP contribution is -2.08. The van der Waals surface area contributed by atoms with Crippen molar-refractivity contribution in [2.24, 2.45) is 0 Å². The van der Waals surface area contributed by atoms with Crippen LogP contribution in [0.5, 0.6) is 5.75 Å². The normalized spacial score (nSPS) is 10.3. The molecule has 0 unspecified atom stereocenters. The molecule has 1 N–H and O–H groups in total. The van der Waals surface area contributed by atoms with Gasteiger partial charge in [0.05, 0.1) is 12.7 Å². The molecule has 5 heteroatoms. The van der Waals surface area contributed by atoms with Gasteiger partial charge < -0.3 is 9.84 Å². The third-order valence-corrected chi connectivity index (χ3v) is 3.33. The third kappa shape index (κ3) is 3.70. The maximum Gasteiger partial charge on any atom is 0.303 e. The first-order chi connectivity index (χ1) is 8.88. The first-order valence-corrected chi connectivity index (χ1v) is 6.35. The topological polar surface area (TPSA) is 63.6 Å². The van der Waals surface area contributed by atoms with Crippen LogP contribution in [0.15, 0.2) is 6.07 Å². The highest BCUT2D eigenvalue weighted by Gasteiger charge is 2.19. The van der Waals surface area contributed by atoms with Crippen LogP contribution in [0.2, 0.25) is 5.02 Å². The molecule has 0 aliphatic rings. The van der Waals surface area contributed by atoms with Gasteiger partial charge >= 0.3 is 5.97 Å². The number of aryl methyl sites for hydroxylation is 1. The molecule has 0 aliphatic heterocycles. The van der Waals surface area contributed by atoms with Gasteiger partial charge in [-0.05, 0) is 37.5 Å². The lowest BCUT2D eigenvalue weighted by molar-refractivity contribution is -0.137. The monoisotopic (exact) mass is 284 g/mol. The molecule has 0 atom stereocenters. The second-order valence-electron chi connectivity index (χ2n) is 4.38. The highest BCUT2D eigenvalue weighted by molar-refractivity contribution is 6.32. The van der Waals surface area contributed by atoms with E-state index in [-0.39, 0.29) is 18.6 Å². The molecule has 0 heterocycles. The molecule has 0 spiro atoms. The molecule has 0 saturated carbocycles. The smallest absolute Gasteiger partial charge is 0.303 e. The van der Waals surface area contributed by atoms with Crippen LogP contribution in [-0.2, 0) is 4.79 Å². The second kappa shape index (κ2) is 6.57. The quantitative estimate of drug-likeness (QED) is 0.813. The molecule has 1 rings (SSSR count). The van der Waals surface area contributed by atoms with Gasteiger partial charge in [-0.3, -0.25) is 9.59 Å². The van der Waals surface area contributed by atoms with Gasteiger partial charge in [0.15, 0.2) is 5.78 Å². The van der Waals surface area contributed by atoms with Gasteiger partial charge in [-0.1, -0.05) is 11.6 Å². The van der Waals surface area contributed by atoms with Gasteiger partial charge in [0.2, 0.25) is 0 Å². The number of hydrogen-bond donors (Lipinski definition) is 1. The van der Waals surface area contributed by atoms with Crippen molar-refractivity contribution in [3.63, 3.8) is 0 Å². The van der Waals surface area contributed by atoms with Gasteiger partial charge in [0, 0.05) is 17.9 Å². The first kappa shape index (κ1) is 15.5. The number of aliphatic carboxylic acids is 1. The predicted molar refractivity (Wildman–Crippen MR) is 73.3 cm³/mol. The van der Waals surface area contributed by atoms with E-state index in [0.717, 1.165) is 5.56 Å². The first-order valence-electron chi connectivity index (χ1n) is 5.97. The summed E-state index contributed by atoms with van der Waals surface area (Å²) in [7, 11) is 1.50. The lowest BCUT2D eigenvalue weighted by Gasteiger charge is -2.14. The van der Waals surface area contributed by atoms with Gasteiger partial charge in [0.1, 0.15) is 5.75 Å². The number of benzene rings is 1. The van der Waals surface area contributed by atoms with E-state index in [2.05, 4.69) is 0 Å². The van der Waals surface area contributed by atoms with Crippen LogP contribution in [0.3, 0.4) is 0 Å². The van der Waals surface area contributed by atoms with Crippen molar-refractivity contribution >= 4 is 23.4 Å². The number of Topliss-reactive ketones (excluding diaryl/α,β-unsaturated/α-hetero) is 1. The minimum Gasteiger partial charge on any atom is -0.496 e. The van der Waals surface area contributed by atoms with E-state index >= 15 is 0 Å². The minimum atomic E-state index is -0.904. The number of carboxylic acids is 1. The standard InChI is InChI=1S/C14H17ClO4/c1-8-7-10(15)9(2)13(14(8)19-3)11(16)5-4-6-12(17)18/h7H,4-6H2,1-3H3,(H,17,18). The number of carbonyl (C=O) groups is 2. The fraction of sp³-hybridized carbons (Fsp3) is 0.429. The number of ketones is 1. The van der Waals surface area contributed by atoms with Crippen LogP contribution in [0.4, 0.5) is 0 Å². The van der Waals surface area contributed by atoms with E-state index in [1.54, 1.807) is 13.0 Å². The van der Waals surface area contributed by atoms with E-state index in [1.165, 1.54) is 7.11 Å². The lowest BCUT2D eigenvalue weighted by atomic mass is 9.97. The van der Waals surface area contributed by atoms with Crippen LogP contribution < -0.4 is 4.74 Å². The van der Waals surface area contributed by atoms with E-state index in [4.69, 9.17) is 21.4 Å². The molecule has 104 valence electrons. The Kier molecular flexibility index (Phi) is 5.36. The fourth-order valence-electron chi connectivity index (χ4n) is 1.97. The third-order valence-electron chi connectivity index (χ3n) is 2.94. The summed E-state index contributed by atoms with van der Waals surface area (Å²) in [5.41, 5.74) is 1.92. The molecular weight excluding hydrogens is 268 g/mol. The van der Waals surface area contributed by atoms with Crippen molar-refractivity contribution in [3.05, 3.63) is 27.8 Å². The van der Waals surface area contributed by atoms with Crippen molar-refractivity contribution < 1.29 is 19.4 Å². The Morgan fingerprint density at radius 3 is 2.47 bits per heavy atom. The summed E-state index contributed by atoms with van der Waals surface area (Å²) in [6, 6.07) is 1.75. The molecule has 0 aliphatic carbocycles. The fourth-order valence-corrected chi connectivity index (χ4v) is 2.23. The summed E-state index contributed by atoms with van der Waals surface area (Å²) in [4.78, 5) is 22.7. The Hall–Kier alpha value is -1.55. The number of rotatable bonds is 6.